The average Bonchev–Trinajstić information content (AvgIpc) is 3.09. The van der Waals surface area contributed by atoms with Crippen LogP contribution in [-0.4, -0.2) is 25.9 Å². The molecule has 5 nitrogen and oxygen atoms in total. The average molecular weight is 395 g/mol. The molecule has 2 aromatic carbocycles. The third-order valence-electron chi connectivity index (χ3n) is 4.40. The van der Waals surface area contributed by atoms with Crippen molar-refractivity contribution in [1.29, 1.82) is 0 Å². The molecule has 1 N–H and O–H groups in total. The van der Waals surface area contributed by atoms with Crippen LogP contribution in [-0.2, 0) is 17.9 Å². The highest BCUT2D eigenvalue weighted by atomic mass is 32.2. The fourth-order valence-corrected chi connectivity index (χ4v) is 3.84. The summed E-state index contributed by atoms with van der Waals surface area (Å²) in [6.07, 6.45) is 0.971. The molecule has 6 heteroatoms. The highest BCUT2D eigenvalue weighted by Gasteiger charge is 2.20. The number of rotatable bonds is 8. The fraction of sp³-hybridized carbons (Fsp3) is 0.318. The van der Waals surface area contributed by atoms with Crippen molar-refractivity contribution in [2.75, 3.05) is 0 Å². The molecule has 1 amide bonds. The molecule has 1 unspecified atom stereocenters. The lowest BCUT2D eigenvalue weighted by molar-refractivity contribution is -0.120. The Kier molecular flexibility index (Phi) is 6.87. The van der Waals surface area contributed by atoms with Crippen molar-refractivity contribution in [3.05, 3.63) is 65.7 Å². The molecular weight excluding hydrogens is 368 g/mol. The van der Waals surface area contributed by atoms with Gasteiger partial charge in [0, 0.05) is 18.7 Å². The topological polar surface area (TPSA) is 59.8 Å². The molecule has 0 saturated heterocycles. The summed E-state index contributed by atoms with van der Waals surface area (Å²) in [5.74, 6) is 0.849. The Balaban J connectivity index is 1.71. The number of thioether (sulfide) groups is 1. The van der Waals surface area contributed by atoms with E-state index in [0.717, 1.165) is 35.1 Å². The highest BCUT2D eigenvalue weighted by Crippen LogP contribution is 2.27. The molecule has 0 aliphatic heterocycles. The van der Waals surface area contributed by atoms with Crippen LogP contribution in [0.1, 0.15) is 31.4 Å². The van der Waals surface area contributed by atoms with Gasteiger partial charge in [-0.25, -0.2) is 0 Å². The Morgan fingerprint density at radius 1 is 1.14 bits per heavy atom. The number of nitrogens with one attached hydrogen (secondary N) is 1. The first-order chi connectivity index (χ1) is 13.6. The SMILES string of the molecule is CCCn1c(SC(C)C(=O)NCc2ccccc2)nnc1-c1cccc(C)c1. The van der Waals surface area contributed by atoms with E-state index in [4.69, 9.17) is 0 Å². The van der Waals surface area contributed by atoms with Crippen molar-refractivity contribution in [1.82, 2.24) is 20.1 Å². The zero-order valence-electron chi connectivity index (χ0n) is 16.6. The number of nitrogens with zero attached hydrogens (tertiary/aromatic N) is 3. The second kappa shape index (κ2) is 9.55. The molecule has 0 bridgehead atoms. The van der Waals surface area contributed by atoms with Crippen molar-refractivity contribution in [2.24, 2.45) is 0 Å². The summed E-state index contributed by atoms with van der Waals surface area (Å²) in [7, 11) is 0. The Hall–Kier alpha value is -2.60. The van der Waals surface area contributed by atoms with Crippen LogP contribution >= 0.6 is 11.8 Å². The Morgan fingerprint density at radius 3 is 2.64 bits per heavy atom. The molecule has 0 aliphatic rings. The van der Waals surface area contributed by atoms with E-state index < -0.39 is 0 Å². The quantitative estimate of drug-likeness (QED) is 0.573. The van der Waals surface area contributed by atoms with Gasteiger partial charge in [-0.15, -0.1) is 10.2 Å². The maximum absolute atomic E-state index is 12.5. The molecule has 1 aromatic heterocycles. The lowest BCUT2D eigenvalue weighted by Crippen LogP contribution is -2.30. The van der Waals surface area contributed by atoms with E-state index in [1.165, 1.54) is 17.3 Å². The molecule has 0 aliphatic carbocycles. The summed E-state index contributed by atoms with van der Waals surface area (Å²) < 4.78 is 2.11. The normalized spacial score (nSPS) is 12.0. The first kappa shape index (κ1) is 20.1. The molecule has 146 valence electrons. The number of carbonyl (C=O) groups is 1. The number of hydrogen-bond donors (Lipinski definition) is 1. The summed E-state index contributed by atoms with van der Waals surface area (Å²) in [4.78, 5) is 12.5. The molecule has 3 rings (SSSR count). The van der Waals surface area contributed by atoms with Gasteiger partial charge in [0.1, 0.15) is 0 Å². The number of benzene rings is 2. The van der Waals surface area contributed by atoms with Crippen molar-refractivity contribution in [3.8, 4) is 11.4 Å². The van der Waals surface area contributed by atoms with Crippen molar-refractivity contribution in [3.63, 3.8) is 0 Å². The molecule has 1 heterocycles. The summed E-state index contributed by atoms with van der Waals surface area (Å²) >= 11 is 1.45. The molecule has 0 saturated carbocycles. The van der Waals surface area contributed by atoms with Crippen LogP contribution in [0.15, 0.2) is 59.8 Å². The first-order valence-corrected chi connectivity index (χ1v) is 10.4. The van der Waals surface area contributed by atoms with Crippen LogP contribution in [0.25, 0.3) is 11.4 Å². The minimum absolute atomic E-state index is 0.00277. The highest BCUT2D eigenvalue weighted by molar-refractivity contribution is 8.00. The number of aryl methyl sites for hydroxylation is 1. The van der Waals surface area contributed by atoms with Crippen LogP contribution in [0.5, 0.6) is 0 Å². The minimum Gasteiger partial charge on any atom is -0.351 e. The smallest absolute Gasteiger partial charge is 0.233 e. The summed E-state index contributed by atoms with van der Waals surface area (Å²) in [5, 5.41) is 12.3. The van der Waals surface area contributed by atoms with Gasteiger partial charge in [-0.2, -0.15) is 0 Å². The maximum Gasteiger partial charge on any atom is 0.233 e. The molecule has 3 aromatic rings. The number of carbonyl (C=O) groups excluding carboxylic acids is 1. The number of amides is 1. The number of aromatic nitrogens is 3. The summed E-state index contributed by atoms with van der Waals surface area (Å²) in [6, 6.07) is 18.2. The predicted molar refractivity (Wildman–Crippen MR) is 114 cm³/mol. The van der Waals surface area contributed by atoms with Crippen molar-refractivity contribution >= 4 is 17.7 Å². The predicted octanol–water partition coefficient (Wildman–Crippen LogP) is 4.46. The molecular formula is C22H26N4OS. The minimum atomic E-state index is -0.256. The molecule has 28 heavy (non-hydrogen) atoms. The van der Waals surface area contributed by atoms with Crippen LogP contribution in [0.4, 0.5) is 0 Å². The lowest BCUT2D eigenvalue weighted by Gasteiger charge is -2.13. The van der Waals surface area contributed by atoms with Crippen molar-refractivity contribution < 1.29 is 4.79 Å². The van der Waals surface area contributed by atoms with Crippen LogP contribution < -0.4 is 5.32 Å². The van der Waals surface area contributed by atoms with Gasteiger partial charge < -0.3 is 9.88 Å². The van der Waals surface area contributed by atoms with Crippen LogP contribution in [0.3, 0.4) is 0 Å². The lowest BCUT2D eigenvalue weighted by atomic mass is 10.1. The second-order valence-corrected chi connectivity index (χ2v) is 8.10. The second-order valence-electron chi connectivity index (χ2n) is 6.79. The Morgan fingerprint density at radius 2 is 1.93 bits per heavy atom. The van der Waals surface area contributed by atoms with Gasteiger partial charge in [-0.05, 0) is 31.9 Å². The maximum atomic E-state index is 12.5. The van der Waals surface area contributed by atoms with Gasteiger partial charge in [0.15, 0.2) is 11.0 Å². The van der Waals surface area contributed by atoms with E-state index in [-0.39, 0.29) is 11.2 Å². The van der Waals surface area contributed by atoms with Gasteiger partial charge in [0.05, 0.1) is 5.25 Å². The number of hydrogen-bond acceptors (Lipinski definition) is 4. The standard InChI is InChI=1S/C22H26N4OS/c1-4-13-26-20(19-12-8-9-16(2)14-19)24-25-22(26)28-17(3)21(27)23-15-18-10-6-5-7-11-18/h5-12,14,17H,4,13,15H2,1-3H3,(H,23,27). The third kappa shape index (κ3) is 5.01. The Bertz CT molecular complexity index is 923. The fourth-order valence-electron chi connectivity index (χ4n) is 2.94. The monoisotopic (exact) mass is 394 g/mol. The molecule has 0 spiro atoms. The molecule has 0 radical (unpaired) electrons. The van der Waals surface area contributed by atoms with E-state index >= 15 is 0 Å². The van der Waals surface area contributed by atoms with Gasteiger partial charge in [0.2, 0.25) is 5.91 Å². The van der Waals surface area contributed by atoms with Gasteiger partial charge in [0.25, 0.3) is 0 Å². The first-order valence-electron chi connectivity index (χ1n) is 9.57. The van der Waals surface area contributed by atoms with E-state index in [1.807, 2.05) is 49.4 Å². The molecule has 0 fully saturated rings. The van der Waals surface area contributed by atoms with E-state index in [1.54, 1.807) is 0 Å². The van der Waals surface area contributed by atoms with Gasteiger partial charge in [-0.3, -0.25) is 4.79 Å². The third-order valence-corrected chi connectivity index (χ3v) is 5.48. The largest absolute Gasteiger partial charge is 0.351 e. The molecule has 1 atom stereocenters. The van der Waals surface area contributed by atoms with E-state index in [2.05, 4.69) is 46.1 Å². The van der Waals surface area contributed by atoms with E-state index in [9.17, 15) is 4.79 Å². The summed E-state index contributed by atoms with van der Waals surface area (Å²) in [5.41, 5.74) is 3.32. The van der Waals surface area contributed by atoms with E-state index in [0.29, 0.717) is 6.54 Å². The van der Waals surface area contributed by atoms with Crippen molar-refractivity contribution in [2.45, 2.75) is 50.7 Å². The zero-order valence-corrected chi connectivity index (χ0v) is 17.4. The van der Waals surface area contributed by atoms with Crippen LogP contribution in [0.2, 0.25) is 0 Å². The summed E-state index contributed by atoms with van der Waals surface area (Å²) in [6.45, 7) is 7.45. The zero-order chi connectivity index (χ0) is 19.9. The van der Waals surface area contributed by atoms with Gasteiger partial charge in [-0.1, -0.05) is 72.8 Å². The van der Waals surface area contributed by atoms with Gasteiger partial charge >= 0.3 is 0 Å². The Labute approximate surface area is 170 Å². The van der Waals surface area contributed by atoms with Crippen LogP contribution in [0, 0.1) is 6.92 Å².